The van der Waals surface area contributed by atoms with E-state index in [1.807, 2.05) is 42.5 Å². The highest BCUT2D eigenvalue weighted by atomic mass is 35.5. The fourth-order valence-electron chi connectivity index (χ4n) is 4.73. The van der Waals surface area contributed by atoms with Crippen LogP contribution in [0.4, 0.5) is 5.82 Å². The van der Waals surface area contributed by atoms with Crippen molar-refractivity contribution in [3.05, 3.63) is 53.1 Å². The summed E-state index contributed by atoms with van der Waals surface area (Å²) in [5.41, 5.74) is 2.51. The molecule has 2 aliphatic rings. The van der Waals surface area contributed by atoms with Crippen LogP contribution in [0.1, 0.15) is 42.5 Å². The van der Waals surface area contributed by atoms with Crippen molar-refractivity contribution in [2.45, 2.75) is 32.1 Å². The van der Waals surface area contributed by atoms with E-state index in [0.717, 1.165) is 72.2 Å². The standard InChI is InChI=1S/C25H26ClN3O2/c26-20-10-11-21-22(16-20)23(27-28-25(21)29-12-14-31-15-13-29)17-6-8-19(9-7-17)24(30)18-4-2-1-3-5-18/h6-11,16,18H,1-5,12-15H2. The number of carbonyl (C=O) groups is 1. The SMILES string of the molecule is O=C(c1ccc(-c2nnc(N3CCOCC3)c3ccc(Cl)cc23)cc1)C1CCCCC1. The van der Waals surface area contributed by atoms with Crippen LogP contribution in [-0.2, 0) is 4.74 Å². The molecule has 0 N–H and O–H groups in total. The Morgan fingerprint density at radius 2 is 1.68 bits per heavy atom. The molecule has 2 heterocycles. The molecule has 3 aromatic rings. The van der Waals surface area contributed by atoms with Gasteiger partial charge in [0.05, 0.1) is 13.2 Å². The van der Waals surface area contributed by atoms with Crippen molar-refractivity contribution in [3.8, 4) is 11.3 Å². The fourth-order valence-corrected chi connectivity index (χ4v) is 4.90. The van der Waals surface area contributed by atoms with Crippen LogP contribution in [0.2, 0.25) is 5.02 Å². The van der Waals surface area contributed by atoms with E-state index in [0.29, 0.717) is 18.2 Å². The summed E-state index contributed by atoms with van der Waals surface area (Å²) < 4.78 is 5.48. The number of anilines is 1. The van der Waals surface area contributed by atoms with Crippen LogP contribution in [0.15, 0.2) is 42.5 Å². The zero-order valence-electron chi connectivity index (χ0n) is 17.5. The lowest BCUT2D eigenvalue weighted by molar-refractivity contribution is 0.0889. The van der Waals surface area contributed by atoms with Crippen LogP contribution in [0.25, 0.3) is 22.0 Å². The van der Waals surface area contributed by atoms with Gasteiger partial charge in [0.1, 0.15) is 5.69 Å². The van der Waals surface area contributed by atoms with Gasteiger partial charge in [0, 0.05) is 45.9 Å². The molecule has 0 atom stereocenters. The van der Waals surface area contributed by atoms with E-state index < -0.39 is 0 Å². The summed E-state index contributed by atoms with van der Waals surface area (Å²) in [5.74, 6) is 1.31. The molecule has 5 rings (SSSR count). The van der Waals surface area contributed by atoms with Gasteiger partial charge >= 0.3 is 0 Å². The lowest BCUT2D eigenvalue weighted by Crippen LogP contribution is -2.37. The lowest BCUT2D eigenvalue weighted by atomic mass is 9.84. The molecule has 0 amide bonds. The van der Waals surface area contributed by atoms with Gasteiger partial charge in [-0.2, -0.15) is 0 Å². The van der Waals surface area contributed by atoms with Crippen molar-refractivity contribution in [3.63, 3.8) is 0 Å². The number of ether oxygens (including phenoxy) is 1. The fraction of sp³-hybridized carbons (Fsp3) is 0.400. The zero-order chi connectivity index (χ0) is 21.2. The third-order valence-corrected chi connectivity index (χ3v) is 6.69. The first kappa shape index (κ1) is 20.4. The summed E-state index contributed by atoms with van der Waals surface area (Å²) in [6.07, 6.45) is 5.59. The molecule has 1 aliphatic heterocycles. The largest absolute Gasteiger partial charge is 0.378 e. The second-order valence-electron chi connectivity index (χ2n) is 8.44. The van der Waals surface area contributed by atoms with E-state index in [9.17, 15) is 4.79 Å². The van der Waals surface area contributed by atoms with E-state index in [1.54, 1.807) is 0 Å². The second-order valence-corrected chi connectivity index (χ2v) is 8.87. The maximum Gasteiger partial charge on any atom is 0.165 e. The minimum atomic E-state index is 0.173. The number of benzene rings is 2. The summed E-state index contributed by atoms with van der Waals surface area (Å²) in [4.78, 5) is 15.1. The molecule has 2 fully saturated rings. The normalized spacial score (nSPS) is 17.8. The average Bonchev–Trinajstić information content (AvgIpc) is 2.84. The number of aromatic nitrogens is 2. The van der Waals surface area contributed by atoms with Gasteiger partial charge in [-0.05, 0) is 31.0 Å². The van der Waals surface area contributed by atoms with E-state index in [2.05, 4.69) is 15.1 Å². The third kappa shape index (κ3) is 4.17. The molecule has 0 radical (unpaired) electrons. The first-order valence-electron chi connectivity index (χ1n) is 11.1. The van der Waals surface area contributed by atoms with Crippen LogP contribution in [0.5, 0.6) is 0 Å². The Morgan fingerprint density at radius 1 is 0.935 bits per heavy atom. The van der Waals surface area contributed by atoms with E-state index in [-0.39, 0.29) is 11.7 Å². The molecule has 0 spiro atoms. The summed E-state index contributed by atoms with van der Waals surface area (Å²) in [5, 5.41) is 11.8. The van der Waals surface area contributed by atoms with Crippen LogP contribution in [0, 0.1) is 5.92 Å². The smallest absolute Gasteiger partial charge is 0.165 e. The average molecular weight is 436 g/mol. The summed E-state index contributed by atoms with van der Waals surface area (Å²) in [6, 6.07) is 13.7. The minimum Gasteiger partial charge on any atom is -0.378 e. The van der Waals surface area contributed by atoms with Gasteiger partial charge in [0.25, 0.3) is 0 Å². The number of nitrogens with zero attached hydrogens (tertiary/aromatic N) is 3. The van der Waals surface area contributed by atoms with Crippen molar-refractivity contribution in [1.29, 1.82) is 0 Å². The molecular weight excluding hydrogens is 410 g/mol. The number of halogens is 1. The van der Waals surface area contributed by atoms with Gasteiger partial charge in [-0.25, -0.2) is 0 Å². The molecule has 31 heavy (non-hydrogen) atoms. The zero-order valence-corrected chi connectivity index (χ0v) is 18.3. The van der Waals surface area contributed by atoms with E-state index >= 15 is 0 Å². The lowest BCUT2D eigenvalue weighted by Gasteiger charge is -2.28. The molecular formula is C25H26ClN3O2. The summed E-state index contributed by atoms with van der Waals surface area (Å²) in [6.45, 7) is 2.97. The van der Waals surface area contributed by atoms with Crippen molar-refractivity contribution in [2.75, 3.05) is 31.2 Å². The Balaban J connectivity index is 1.49. The Hall–Kier alpha value is -2.50. The monoisotopic (exact) mass is 435 g/mol. The third-order valence-electron chi connectivity index (χ3n) is 6.45. The summed E-state index contributed by atoms with van der Waals surface area (Å²) >= 11 is 6.34. The first-order chi connectivity index (χ1) is 15.2. The molecule has 1 saturated heterocycles. The van der Waals surface area contributed by atoms with Crippen LogP contribution >= 0.6 is 11.6 Å². The highest BCUT2D eigenvalue weighted by Gasteiger charge is 2.23. The Bertz CT molecular complexity index is 1090. The molecule has 0 bridgehead atoms. The predicted molar refractivity (Wildman–Crippen MR) is 124 cm³/mol. The van der Waals surface area contributed by atoms with E-state index in [1.165, 1.54) is 6.42 Å². The van der Waals surface area contributed by atoms with Gasteiger partial charge in [0.2, 0.25) is 0 Å². The molecule has 1 aromatic heterocycles. The highest BCUT2D eigenvalue weighted by Crippen LogP contribution is 2.34. The number of hydrogen-bond acceptors (Lipinski definition) is 5. The number of ketones is 1. The quantitative estimate of drug-likeness (QED) is 0.503. The van der Waals surface area contributed by atoms with E-state index in [4.69, 9.17) is 16.3 Å². The van der Waals surface area contributed by atoms with Crippen LogP contribution in [0.3, 0.4) is 0 Å². The minimum absolute atomic E-state index is 0.173. The Labute approximate surface area is 187 Å². The number of carbonyl (C=O) groups excluding carboxylic acids is 1. The number of morpholine rings is 1. The molecule has 2 aromatic carbocycles. The molecule has 1 saturated carbocycles. The molecule has 5 nitrogen and oxygen atoms in total. The van der Waals surface area contributed by atoms with Crippen LogP contribution in [-0.4, -0.2) is 42.3 Å². The van der Waals surface area contributed by atoms with Crippen molar-refractivity contribution >= 4 is 34.0 Å². The van der Waals surface area contributed by atoms with Crippen molar-refractivity contribution < 1.29 is 9.53 Å². The number of fused-ring (bicyclic) bond motifs is 1. The number of rotatable bonds is 4. The maximum atomic E-state index is 12.9. The molecule has 0 unspecified atom stereocenters. The van der Waals surface area contributed by atoms with Gasteiger partial charge < -0.3 is 9.64 Å². The molecule has 6 heteroatoms. The molecule has 160 valence electrons. The van der Waals surface area contributed by atoms with Gasteiger partial charge in [-0.1, -0.05) is 55.1 Å². The second kappa shape index (κ2) is 8.93. The van der Waals surface area contributed by atoms with Crippen molar-refractivity contribution in [2.24, 2.45) is 5.92 Å². The van der Waals surface area contributed by atoms with Gasteiger partial charge in [0.15, 0.2) is 11.6 Å². The maximum absolute atomic E-state index is 12.9. The van der Waals surface area contributed by atoms with Crippen molar-refractivity contribution in [1.82, 2.24) is 10.2 Å². The van der Waals surface area contributed by atoms with Gasteiger partial charge in [-0.3, -0.25) is 4.79 Å². The molecule has 1 aliphatic carbocycles. The topological polar surface area (TPSA) is 55.3 Å². The Kier molecular flexibility index (Phi) is 5.88. The number of hydrogen-bond donors (Lipinski definition) is 0. The van der Waals surface area contributed by atoms with Crippen LogP contribution < -0.4 is 4.90 Å². The number of Topliss-reactive ketones (excluding diaryl/α,β-unsaturated/α-hetero) is 1. The summed E-state index contributed by atoms with van der Waals surface area (Å²) in [7, 11) is 0. The predicted octanol–water partition coefficient (Wildman–Crippen LogP) is 5.55. The Morgan fingerprint density at radius 3 is 2.42 bits per heavy atom. The highest BCUT2D eigenvalue weighted by molar-refractivity contribution is 6.31. The van der Waals surface area contributed by atoms with Gasteiger partial charge in [-0.15, -0.1) is 10.2 Å². The first-order valence-corrected chi connectivity index (χ1v) is 11.5.